The zero-order valence-corrected chi connectivity index (χ0v) is 15.9. The topological polar surface area (TPSA) is 110 Å². The van der Waals surface area contributed by atoms with Gasteiger partial charge in [-0.15, -0.1) is 0 Å². The Bertz CT molecular complexity index is 820. The smallest absolute Gasteiger partial charge is 0.309 e. The van der Waals surface area contributed by atoms with E-state index < -0.39 is 0 Å². The number of carbonyl (C=O) groups is 2. The summed E-state index contributed by atoms with van der Waals surface area (Å²) in [7, 11) is 0. The molecule has 0 radical (unpaired) electrons. The Labute approximate surface area is 164 Å². The van der Waals surface area contributed by atoms with Crippen molar-refractivity contribution >= 4 is 23.6 Å². The number of nitrogens with zero attached hydrogens (tertiary/aromatic N) is 3. The van der Waals surface area contributed by atoms with Crippen LogP contribution in [0.1, 0.15) is 35.7 Å². The van der Waals surface area contributed by atoms with Gasteiger partial charge >= 0.3 is 5.97 Å². The molecule has 3 N–H and O–H groups in total. The number of anilines is 2. The lowest BCUT2D eigenvalue weighted by Crippen LogP contribution is -2.38. The van der Waals surface area contributed by atoms with E-state index in [1.54, 1.807) is 6.92 Å². The zero-order valence-electron chi connectivity index (χ0n) is 15.9. The van der Waals surface area contributed by atoms with Gasteiger partial charge in [-0.2, -0.15) is 4.98 Å². The molecule has 1 fully saturated rings. The van der Waals surface area contributed by atoms with E-state index in [-0.39, 0.29) is 29.2 Å². The van der Waals surface area contributed by atoms with Crippen LogP contribution in [0.2, 0.25) is 0 Å². The number of nitrogens with one attached hydrogen (secondary N) is 1. The molecule has 8 heteroatoms. The van der Waals surface area contributed by atoms with E-state index >= 15 is 0 Å². The van der Waals surface area contributed by atoms with E-state index in [1.165, 1.54) is 6.20 Å². The second kappa shape index (κ2) is 9.16. The number of hydrogen-bond acceptors (Lipinski definition) is 7. The quantitative estimate of drug-likeness (QED) is 0.731. The average Bonchev–Trinajstić information content (AvgIpc) is 2.73. The third-order valence-corrected chi connectivity index (χ3v) is 4.74. The number of rotatable bonds is 6. The van der Waals surface area contributed by atoms with Crippen LogP contribution in [-0.2, 0) is 16.1 Å². The van der Waals surface area contributed by atoms with E-state index in [0.29, 0.717) is 45.0 Å². The minimum absolute atomic E-state index is 0.0865. The van der Waals surface area contributed by atoms with Gasteiger partial charge in [0.15, 0.2) is 0 Å². The molecule has 1 aromatic carbocycles. The van der Waals surface area contributed by atoms with Crippen molar-refractivity contribution in [3.8, 4) is 0 Å². The van der Waals surface area contributed by atoms with Gasteiger partial charge in [0.25, 0.3) is 5.91 Å². The lowest BCUT2D eigenvalue weighted by Gasteiger charge is -2.30. The van der Waals surface area contributed by atoms with Crippen molar-refractivity contribution in [3.05, 3.63) is 47.7 Å². The van der Waals surface area contributed by atoms with Gasteiger partial charge < -0.3 is 20.7 Å². The predicted molar refractivity (Wildman–Crippen MR) is 106 cm³/mol. The monoisotopic (exact) mass is 383 g/mol. The molecular formula is C20H25N5O3. The number of esters is 1. The molecule has 0 unspecified atom stereocenters. The van der Waals surface area contributed by atoms with Crippen LogP contribution >= 0.6 is 0 Å². The van der Waals surface area contributed by atoms with Crippen LogP contribution in [0, 0.1) is 5.92 Å². The Morgan fingerprint density at radius 1 is 1.25 bits per heavy atom. The highest BCUT2D eigenvalue weighted by Gasteiger charge is 2.27. The van der Waals surface area contributed by atoms with Crippen LogP contribution in [0.5, 0.6) is 0 Å². The number of nitrogens with two attached hydrogens (primary N) is 1. The number of ether oxygens (including phenoxy) is 1. The van der Waals surface area contributed by atoms with Crippen molar-refractivity contribution in [2.24, 2.45) is 5.92 Å². The molecule has 0 atom stereocenters. The summed E-state index contributed by atoms with van der Waals surface area (Å²) >= 11 is 0. The van der Waals surface area contributed by atoms with E-state index in [2.05, 4.69) is 15.3 Å². The Morgan fingerprint density at radius 3 is 2.61 bits per heavy atom. The summed E-state index contributed by atoms with van der Waals surface area (Å²) < 4.78 is 5.09. The lowest BCUT2D eigenvalue weighted by molar-refractivity contribution is -0.148. The maximum Gasteiger partial charge on any atom is 0.309 e. The fourth-order valence-corrected chi connectivity index (χ4v) is 3.16. The summed E-state index contributed by atoms with van der Waals surface area (Å²) in [4.78, 5) is 34.8. The van der Waals surface area contributed by atoms with Gasteiger partial charge in [-0.25, -0.2) is 4.98 Å². The highest BCUT2D eigenvalue weighted by molar-refractivity contribution is 5.98. The average molecular weight is 383 g/mol. The molecule has 0 bridgehead atoms. The fourth-order valence-electron chi connectivity index (χ4n) is 3.16. The van der Waals surface area contributed by atoms with Crippen molar-refractivity contribution in [1.29, 1.82) is 0 Å². The third kappa shape index (κ3) is 4.76. The zero-order chi connectivity index (χ0) is 19.9. The molecule has 2 aromatic rings. The summed E-state index contributed by atoms with van der Waals surface area (Å²) in [5.41, 5.74) is 7.25. The van der Waals surface area contributed by atoms with Gasteiger partial charge in [-0.3, -0.25) is 9.59 Å². The molecule has 0 spiro atoms. The number of carbonyl (C=O) groups excluding carboxylic acids is 2. The molecule has 1 amide bonds. The Hall–Kier alpha value is -3.16. The minimum atomic E-state index is -0.311. The third-order valence-electron chi connectivity index (χ3n) is 4.74. The van der Waals surface area contributed by atoms with Crippen molar-refractivity contribution in [1.82, 2.24) is 15.3 Å². The largest absolute Gasteiger partial charge is 0.466 e. The summed E-state index contributed by atoms with van der Waals surface area (Å²) in [6.07, 6.45) is 2.82. The van der Waals surface area contributed by atoms with Crippen LogP contribution in [0.15, 0.2) is 36.5 Å². The van der Waals surface area contributed by atoms with Gasteiger partial charge in [0.05, 0.1) is 18.1 Å². The number of piperidine rings is 1. The molecule has 1 aromatic heterocycles. The van der Waals surface area contributed by atoms with Gasteiger partial charge in [0.1, 0.15) is 5.82 Å². The normalized spacial score (nSPS) is 14.5. The Balaban J connectivity index is 1.58. The van der Waals surface area contributed by atoms with Gasteiger partial charge in [-0.05, 0) is 25.3 Å². The second-order valence-corrected chi connectivity index (χ2v) is 6.65. The van der Waals surface area contributed by atoms with Crippen molar-refractivity contribution in [2.75, 3.05) is 30.3 Å². The first-order valence-electron chi connectivity index (χ1n) is 9.44. The number of amides is 1. The summed E-state index contributed by atoms with van der Waals surface area (Å²) in [5.74, 6) is 0.0704. The highest BCUT2D eigenvalue weighted by Crippen LogP contribution is 2.23. The summed E-state index contributed by atoms with van der Waals surface area (Å²) in [5, 5.41) is 2.82. The van der Waals surface area contributed by atoms with Crippen LogP contribution in [0.4, 0.5) is 11.8 Å². The summed E-state index contributed by atoms with van der Waals surface area (Å²) in [6, 6.07) is 9.62. The maximum absolute atomic E-state index is 12.4. The molecule has 28 heavy (non-hydrogen) atoms. The van der Waals surface area contributed by atoms with E-state index in [0.717, 1.165) is 5.56 Å². The van der Waals surface area contributed by atoms with Crippen LogP contribution in [0.3, 0.4) is 0 Å². The number of aromatic nitrogens is 2. The molecular weight excluding hydrogens is 358 g/mol. The Kier molecular flexibility index (Phi) is 6.41. The SMILES string of the molecule is CCOC(=O)C1CCN(c2ncc(C(=O)NCc3ccccc3)c(N)n2)CC1. The molecule has 2 heterocycles. The van der Waals surface area contributed by atoms with Gasteiger partial charge in [0, 0.05) is 25.8 Å². The molecule has 0 saturated carbocycles. The van der Waals surface area contributed by atoms with E-state index in [1.807, 2.05) is 35.2 Å². The van der Waals surface area contributed by atoms with Gasteiger partial charge in [0.2, 0.25) is 5.95 Å². The number of hydrogen-bond donors (Lipinski definition) is 2. The van der Waals surface area contributed by atoms with E-state index in [4.69, 9.17) is 10.5 Å². The Morgan fingerprint density at radius 2 is 1.96 bits per heavy atom. The highest BCUT2D eigenvalue weighted by atomic mass is 16.5. The molecule has 1 aliphatic rings. The second-order valence-electron chi connectivity index (χ2n) is 6.65. The van der Waals surface area contributed by atoms with Crippen LogP contribution < -0.4 is 16.0 Å². The van der Waals surface area contributed by atoms with E-state index in [9.17, 15) is 9.59 Å². The molecule has 8 nitrogen and oxygen atoms in total. The first-order chi connectivity index (χ1) is 13.6. The van der Waals surface area contributed by atoms with Crippen molar-refractivity contribution in [2.45, 2.75) is 26.3 Å². The first kappa shape index (κ1) is 19.6. The predicted octanol–water partition coefficient (Wildman–Crippen LogP) is 1.77. The van der Waals surface area contributed by atoms with Crippen LogP contribution in [0.25, 0.3) is 0 Å². The molecule has 148 valence electrons. The molecule has 0 aliphatic carbocycles. The summed E-state index contributed by atoms with van der Waals surface area (Å²) in [6.45, 7) is 3.89. The van der Waals surface area contributed by atoms with Crippen molar-refractivity contribution in [3.63, 3.8) is 0 Å². The molecule has 1 saturated heterocycles. The number of nitrogen functional groups attached to an aromatic ring is 1. The maximum atomic E-state index is 12.4. The fraction of sp³-hybridized carbons (Fsp3) is 0.400. The minimum Gasteiger partial charge on any atom is -0.466 e. The van der Waals surface area contributed by atoms with Crippen molar-refractivity contribution < 1.29 is 14.3 Å². The number of benzene rings is 1. The standard InChI is InChI=1S/C20H25N5O3/c1-2-28-19(27)15-8-10-25(11-9-15)20-23-13-16(17(21)24-20)18(26)22-12-14-6-4-3-5-7-14/h3-7,13,15H,2,8-12H2,1H3,(H,22,26)(H2,21,23,24). The molecule has 1 aliphatic heterocycles. The first-order valence-corrected chi connectivity index (χ1v) is 9.44. The van der Waals surface area contributed by atoms with Gasteiger partial charge in [-0.1, -0.05) is 30.3 Å². The van der Waals surface area contributed by atoms with Crippen LogP contribution in [-0.4, -0.2) is 41.5 Å². The lowest BCUT2D eigenvalue weighted by atomic mass is 9.97. The molecule has 3 rings (SSSR count).